The first-order valence-electron chi connectivity index (χ1n) is 7.44. The second-order valence-electron chi connectivity index (χ2n) is 5.72. The molecular weight excluding hydrogens is 317 g/mol. The van der Waals surface area contributed by atoms with Crippen LogP contribution in [0.1, 0.15) is 19.4 Å². The minimum Gasteiger partial charge on any atom is -0.748 e. The molecule has 0 spiro atoms. The van der Waals surface area contributed by atoms with Crippen LogP contribution >= 0.6 is 0 Å². The SMILES string of the molecule is C[C@H]1OB([c-]2cccc2CN(C)C)O[C@@H]1C.[Fe].[cH-]1[cH-][cH-][cH-][cH-]1. The summed E-state index contributed by atoms with van der Waals surface area (Å²) in [5.41, 5.74) is 2.46. The summed E-state index contributed by atoms with van der Waals surface area (Å²) in [6.07, 6.45) is 0.346. The van der Waals surface area contributed by atoms with Gasteiger partial charge in [-0.05, 0) is 34.5 Å². The second-order valence-corrected chi connectivity index (χ2v) is 5.72. The minimum absolute atomic E-state index is 0. The smallest absolute Gasteiger partial charge is 0.418 e. The number of nitrogens with zero attached hydrogens (tertiary/aromatic N) is 1. The zero-order valence-corrected chi connectivity index (χ0v) is 14.8. The molecule has 2 aromatic rings. The van der Waals surface area contributed by atoms with Gasteiger partial charge in [0.1, 0.15) is 0 Å². The van der Waals surface area contributed by atoms with Gasteiger partial charge in [0.25, 0.3) is 0 Å². The first-order chi connectivity index (χ1) is 10.1. The van der Waals surface area contributed by atoms with Crippen LogP contribution in [0.5, 0.6) is 0 Å². The van der Waals surface area contributed by atoms with E-state index in [1.807, 2.05) is 30.3 Å². The van der Waals surface area contributed by atoms with Crippen molar-refractivity contribution in [3.63, 3.8) is 0 Å². The number of rotatable bonds is 3. The van der Waals surface area contributed by atoms with Crippen molar-refractivity contribution in [3.8, 4) is 0 Å². The number of hydrogen-bond donors (Lipinski definition) is 0. The molecule has 0 aliphatic carbocycles. The molecule has 2 aromatic carbocycles. The van der Waals surface area contributed by atoms with E-state index in [9.17, 15) is 0 Å². The second kappa shape index (κ2) is 9.34. The first-order valence-corrected chi connectivity index (χ1v) is 7.44. The van der Waals surface area contributed by atoms with Crippen molar-refractivity contribution in [1.82, 2.24) is 4.90 Å². The summed E-state index contributed by atoms with van der Waals surface area (Å²) in [6, 6.07) is 16.3. The van der Waals surface area contributed by atoms with Crippen LogP contribution in [0.4, 0.5) is 0 Å². The molecule has 0 radical (unpaired) electrons. The monoisotopic (exact) mass is 341 g/mol. The van der Waals surface area contributed by atoms with Gasteiger partial charge in [0.2, 0.25) is 0 Å². The molecule has 126 valence electrons. The molecule has 1 fully saturated rings. The van der Waals surface area contributed by atoms with Gasteiger partial charge in [0, 0.05) is 17.1 Å². The molecule has 1 aliphatic heterocycles. The van der Waals surface area contributed by atoms with Crippen LogP contribution in [0.15, 0.2) is 48.5 Å². The minimum atomic E-state index is -0.185. The Kier molecular flexibility index (Phi) is 8.15. The van der Waals surface area contributed by atoms with Gasteiger partial charge in [0.15, 0.2) is 0 Å². The average molecular weight is 341 g/mol. The van der Waals surface area contributed by atoms with Crippen LogP contribution in [0.25, 0.3) is 0 Å². The Labute approximate surface area is 144 Å². The molecule has 22 heavy (non-hydrogen) atoms. The molecule has 0 bridgehead atoms. The molecule has 0 saturated carbocycles. The molecule has 0 amide bonds. The van der Waals surface area contributed by atoms with E-state index in [1.54, 1.807) is 0 Å². The van der Waals surface area contributed by atoms with Gasteiger partial charge >= 0.3 is 7.12 Å². The van der Waals surface area contributed by atoms with E-state index in [1.165, 1.54) is 11.0 Å². The van der Waals surface area contributed by atoms with E-state index in [4.69, 9.17) is 9.31 Å². The summed E-state index contributed by atoms with van der Waals surface area (Å²) in [5.74, 6) is 0. The van der Waals surface area contributed by atoms with Gasteiger partial charge in [0.05, 0.1) is 12.2 Å². The fourth-order valence-corrected chi connectivity index (χ4v) is 2.30. The average Bonchev–Trinajstić information content (AvgIpc) is 3.14. The molecule has 0 N–H and O–H groups in total. The molecule has 1 saturated heterocycles. The van der Waals surface area contributed by atoms with Crippen molar-refractivity contribution >= 4 is 12.6 Å². The third-order valence-corrected chi connectivity index (χ3v) is 3.58. The summed E-state index contributed by atoms with van der Waals surface area (Å²) >= 11 is 0. The molecular formula is C17H24BFeNO2-6. The van der Waals surface area contributed by atoms with Crippen molar-refractivity contribution in [2.24, 2.45) is 0 Å². The number of hydrogen-bond acceptors (Lipinski definition) is 3. The normalized spacial score (nSPS) is 20.5. The fraction of sp³-hybridized carbons (Fsp3) is 0.412. The van der Waals surface area contributed by atoms with E-state index in [0.717, 1.165) is 6.54 Å². The van der Waals surface area contributed by atoms with Gasteiger partial charge < -0.3 is 44.5 Å². The van der Waals surface area contributed by atoms with Crippen LogP contribution in [0.2, 0.25) is 0 Å². The van der Waals surface area contributed by atoms with Gasteiger partial charge in [-0.2, -0.15) is 11.6 Å². The molecule has 1 aliphatic rings. The predicted octanol–water partition coefficient (Wildman–Crippen LogP) is 2.39. The molecule has 3 nitrogen and oxygen atoms in total. The van der Waals surface area contributed by atoms with Gasteiger partial charge in [-0.25, -0.2) is 12.1 Å². The molecule has 0 aromatic heterocycles. The van der Waals surface area contributed by atoms with Gasteiger partial charge in [-0.15, -0.1) is 5.46 Å². The van der Waals surface area contributed by atoms with Crippen LogP contribution in [0.3, 0.4) is 0 Å². The van der Waals surface area contributed by atoms with Crippen LogP contribution in [0, 0.1) is 0 Å². The van der Waals surface area contributed by atoms with Crippen molar-refractivity contribution in [2.75, 3.05) is 14.1 Å². The van der Waals surface area contributed by atoms with Crippen LogP contribution < -0.4 is 5.46 Å². The molecule has 3 rings (SSSR count). The van der Waals surface area contributed by atoms with Crippen molar-refractivity contribution < 1.29 is 26.4 Å². The summed E-state index contributed by atoms with van der Waals surface area (Å²) < 4.78 is 11.6. The standard InChI is InChI=1S/C12H19BNO2.C5H5.Fe/c1-9-10(2)16-13(15-9)12-7-5-6-11(12)8-14(3)4;1-2-4-5-3-1;/h5-7,9-10H,8H2,1-4H3;1-5H;/q-1;-5;/t9-,10-;;/m1../s1. The van der Waals surface area contributed by atoms with Crippen LogP contribution in [-0.4, -0.2) is 38.3 Å². The maximum Gasteiger partial charge on any atom is 0.418 e. The van der Waals surface area contributed by atoms with E-state index < -0.39 is 0 Å². The molecule has 2 atom stereocenters. The summed E-state index contributed by atoms with van der Waals surface area (Å²) in [5, 5.41) is 0. The fourth-order valence-electron chi connectivity index (χ4n) is 2.30. The van der Waals surface area contributed by atoms with E-state index in [2.05, 4.69) is 51.0 Å². The summed E-state index contributed by atoms with van der Waals surface area (Å²) in [6.45, 7) is 5.03. The molecule has 0 unspecified atom stereocenters. The Bertz CT molecular complexity index is 485. The molecule has 1 heterocycles. The zero-order valence-electron chi connectivity index (χ0n) is 13.7. The van der Waals surface area contributed by atoms with E-state index in [0.29, 0.717) is 0 Å². The van der Waals surface area contributed by atoms with E-state index >= 15 is 0 Å². The maximum absolute atomic E-state index is 5.80. The zero-order chi connectivity index (χ0) is 15.2. The summed E-state index contributed by atoms with van der Waals surface area (Å²) in [4.78, 5) is 2.15. The first kappa shape index (κ1) is 19.2. The third-order valence-electron chi connectivity index (χ3n) is 3.58. The Morgan fingerprint density at radius 1 is 1.09 bits per heavy atom. The van der Waals surface area contributed by atoms with Crippen LogP contribution in [-0.2, 0) is 32.9 Å². The maximum atomic E-state index is 5.80. The summed E-state index contributed by atoms with van der Waals surface area (Å²) in [7, 11) is 3.95. The van der Waals surface area contributed by atoms with Crippen molar-refractivity contribution in [2.45, 2.75) is 32.6 Å². The molecule has 5 heteroatoms. The van der Waals surface area contributed by atoms with Gasteiger partial charge in [-0.3, -0.25) is 0 Å². The van der Waals surface area contributed by atoms with E-state index in [-0.39, 0.29) is 36.4 Å². The topological polar surface area (TPSA) is 21.7 Å². The Hall–Kier alpha value is -0.836. The van der Waals surface area contributed by atoms with Gasteiger partial charge in [-0.1, -0.05) is 0 Å². The Morgan fingerprint density at radius 2 is 1.59 bits per heavy atom. The Morgan fingerprint density at radius 3 is 2.05 bits per heavy atom. The quantitative estimate of drug-likeness (QED) is 0.632. The van der Waals surface area contributed by atoms with Crippen molar-refractivity contribution in [1.29, 1.82) is 0 Å². The predicted molar refractivity (Wildman–Crippen MR) is 87.9 cm³/mol. The van der Waals surface area contributed by atoms with Crippen molar-refractivity contribution in [3.05, 3.63) is 54.1 Å². The Balaban J connectivity index is 0.000000344. The largest absolute Gasteiger partial charge is 0.748 e. The third kappa shape index (κ3) is 5.42.